The van der Waals surface area contributed by atoms with Crippen molar-refractivity contribution in [2.45, 2.75) is 69.4 Å². The van der Waals surface area contributed by atoms with Gasteiger partial charge in [0, 0.05) is 11.6 Å². The van der Waals surface area contributed by atoms with Gasteiger partial charge < -0.3 is 34.8 Å². The van der Waals surface area contributed by atoms with Crippen LogP contribution in [0.3, 0.4) is 0 Å². The van der Waals surface area contributed by atoms with Crippen molar-refractivity contribution in [3.8, 4) is 0 Å². The minimum absolute atomic E-state index is 0.492. The lowest BCUT2D eigenvalue weighted by molar-refractivity contribution is -0.250. The maximum absolute atomic E-state index is 10.7. The monoisotopic (exact) mass is 489 g/mol. The van der Waals surface area contributed by atoms with Crippen molar-refractivity contribution in [2.75, 3.05) is 6.61 Å². The highest BCUT2D eigenvalue weighted by Crippen LogP contribution is 2.36. The predicted molar refractivity (Wildman–Crippen MR) is 130 cm³/mol. The Bertz CT molecular complexity index is 1120. The van der Waals surface area contributed by atoms with Gasteiger partial charge in [-0.25, -0.2) is 0 Å². The zero-order chi connectivity index (χ0) is 24.6. The van der Waals surface area contributed by atoms with E-state index in [1.165, 1.54) is 0 Å². The van der Waals surface area contributed by atoms with Crippen molar-refractivity contribution < 1.29 is 30.3 Å². The lowest BCUT2D eigenvalue weighted by Crippen LogP contribution is -2.56. The lowest BCUT2D eigenvalue weighted by Gasteiger charge is -2.40. The molecule has 5 atom stereocenters. The number of nitrogens with zero attached hydrogens (tertiary/aromatic N) is 1. The number of fused-ring (bicyclic) bond motifs is 1. The van der Waals surface area contributed by atoms with Crippen LogP contribution >= 0.6 is 11.6 Å². The lowest BCUT2D eigenvalue weighted by atomic mass is 9.97. The molecule has 1 aromatic heterocycles. The van der Waals surface area contributed by atoms with E-state index in [1.54, 1.807) is 30.5 Å². The Hall–Kier alpha value is -1.97. The first-order chi connectivity index (χ1) is 16.1. The van der Waals surface area contributed by atoms with Gasteiger partial charge in [0.1, 0.15) is 24.4 Å². The minimum atomic E-state index is -1.47. The third-order valence-electron chi connectivity index (χ3n) is 6.47. The van der Waals surface area contributed by atoms with Gasteiger partial charge in [0.15, 0.2) is 6.23 Å². The molecule has 1 saturated heterocycles. The number of ether oxygens (including phenoxy) is 1. The summed E-state index contributed by atoms with van der Waals surface area (Å²) in [5, 5.41) is 52.0. The van der Waals surface area contributed by atoms with E-state index in [2.05, 4.69) is 12.1 Å². The molecule has 2 heterocycles. The normalized spacial score (nSPS) is 25.7. The molecular weight excluding hydrogens is 458 g/mol. The van der Waals surface area contributed by atoms with Gasteiger partial charge in [0.05, 0.1) is 22.7 Å². The Morgan fingerprint density at radius 2 is 1.65 bits per heavy atom. The van der Waals surface area contributed by atoms with Crippen LogP contribution in [0.2, 0.25) is 5.02 Å². The van der Waals surface area contributed by atoms with Crippen LogP contribution in [0.4, 0.5) is 0 Å². The zero-order valence-corrected chi connectivity index (χ0v) is 20.1. The van der Waals surface area contributed by atoms with Gasteiger partial charge in [-0.1, -0.05) is 41.9 Å². The summed E-state index contributed by atoms with van der Waals surface area (Å²) in [6, 6.07) is 13.7. The second kappa shape index (κ2) is 9.95. The van der Waals surface area contributed by atoms with Crippen molar-refractivity contribution in [1.82, 2.24) is 4.57 Å². The standard InChI is InChI=1S/C26H32ClNO6/c1-26(2,33)11-10-15-6-8-16(9-7-15)12-17-13-28(19-5-3-4-18(27)21(17)19)25-24(32)23(31)22(30)20(14-29)34-25/h3-9,13,20,22-25,29-33H,10-12,14H2,1-2H3/t20-,22-,23+,24-,25-/m1/s1. The summed E-state index contributed by atoms with van der Waals surface area (Å²) in [6.07, 6.45) is -2.41. The van der Waals surface area contributed by atoms with Crippen molar-refractivity contribution in [3.05, 3.63) is 70.4 Å². The van der Waals surface area contributed by atoms with Crippen molar-refractivity contribution >= 4 is 22.5 Å². The fourth-order valence-electron chi connectivity index (χ4n) is 4.50. The van der Waals surface area contributed by atoms with Crippen LogP contribution in [0.1, 0.15) is 43.2 Å². The number of aryl methyl sites for hydroxylation is 1. The molecule has 0 radical (unpaired) electrons. The van der Waals surface area contributed by atoms with Crippen LogP contribution in [0.5, 0.6) is 0 Å². The average Bonchev–Trinajstić information content (AvgIpc) is 3.16. The number of hydrogen-bond acceptors (Lipinski definition) is 6. The largest absolute Gasteiger partial charge is 0.394 e. The third kappa shape index (κ3) is 5.16. The second-order valence-electron chi connectivity index (χ2n) is 9.72. The first-order valence-electron chi connectivity index (χ1n) is 11.5. The summed E-state index contributed by atoms with van der Waals surface area (Å²) in [5.41, 5.74) is 3.14. The number of hydrogen-bond donors (Lipinski definition) is 5. The molecule has 1 aliphatic heterocycles. The van der Waals surface area contributed by atoms with Gasteiger partial charge in [-0.3, -0.25) is 0 Å². The van der Waals surface area contributed by atoms with Gasteiger partial charge in [-0.05, 0) is 61.9 Å². The fraction of sp³-hybridized carbons (Fsp3) is 0.462. The second-order valence-corrected chi connectivity index (χ2v) is 10.1. The molecule has 0 bridgehead atoms. The molecule has 0 amide bonds. The Balaban J connectivity index is 1.65. The Morgan fingerprint density at radius 1 is 0.971 bits per heavy atom. The summed E-state index contributed by atoms with van der Waals surface area (Å²) in [4.78, 5) is 0. The molecule has 34 heavy (non-hydrogen) atoms. The molecule has 184 valence electrons. The summed E-state index contributed by atoms with van der Waals surface area (Å²) in [6.45, 7) is 3.11. The number of aliphatic hydroxyl groups excluding tert-OH is 4. The maximum atomic E-state index is 10.7. The van der Waals surface area contributed by atoms with Crippen LogP contribution in [0.15, 0.2) is 48.7 Å². The smallest absolute Gasteiger partial charge is 0.163 e. The van der Waals surface area contributed by atoms with Crippen molar-refractivity contribution in [2.24, 2.45) is 0 Å². The molecule has 1 aliphatic rings. The molecule has 0 saturated carbocycles. The first-order valence-corrected chi connectivity index (χ1v) is 11.9. The van der Waals surface area contributed by atoms with Crippen LogP contribution < -0.4 is 0 Å². The Kier molecular flexibility index (Phi) is 7.36. The molecule has 1 fully saturated rings. The third-order valence-corrected chi connectivity index (χ3v) is 6.79. The topological polar surface area (TPSA) is 115 Å². The minimum Gasteiger partial charge on any atom is -0.394 e. The van der Waals surface area contributed by atoms with Gasteiger partial charge in [-0.15, -0.1) is 0 Å². The molecule has 2 aromatic carbocycles. The van der Waals surface area contributed by atoms with Crippen LogP contribution in [0, 0.1) is 0 Å². The number of aliphatic hydroxyl groups is 5. The van der Waals surface area contributed by atoms with E-state index in [1.807, 2.05) is 24.4 Å². The zero-order valence-electron chi connectivity index (χ0n) is 19.3. The van der Waals surface area contributed by atoms with Gasteiger partial charge in [0.25, 0.3) is 0 Å². The Labute approximate surface area is 203 Å². The van der Waals surface area contributed by atoms with Gasteiger partial charge >= 0.3 is 0 Å². The molecule has 0 spiro atoms. The maximum Gasteiger partial charge on any atom is 0.163 e. The van der Waals surface area contributed by atoms with E-state index < -0.39 is 42.9 Å². The number of aromatic nitrogens is 1. The highest BCUT2D eigenvalue weighted by atomic mass is 35.5. The molecule has 4 rings (SSSR count). The van der Waals surface area contributed by atoms with Gasteiger partial charge in [-0.2, -0.15) is 0 Å². The molecule has 7 nitrogen and oxygen atoms in total. The van der Waals surface area contributed by atoms with Crippen LogP contribution in [-0.4, -0.2) is 66.7 Å². The van der Waals surface area contributed by atoms with E-state index in [9.17, 15) is 25.5 Å². The van der Waals surface area contributed by atoms with Gasteiger partial charge in [0.2, 0.25) is 0 Å². The predicted octanol–water partition coefficient (Wildman–Crippen LogP) is 2.56. The number of halogens is 1. The van der Waals surface area contributed by atoms with E-state index in [0.717, 1.165) is 28.5 Å². The average molecular weight is 490 g/mol. The van der Waals surface area contributed by atoms with Crippen LogP contribution in [-0.2, 0) is 17.6 Å². The highest BCUT2D eigenvalue weighted by Gasteiger charge is 2.44. The Morgan fingerprint density at radius 3 is 2.29 bits per heavy atom. The first kappa shape index (κ1) is 25.1. The fourth-order valence-corrected chi connectivity index (χ4v) is 4.79. The van der Waals surface area contributed by atoms with E-state index in [4.69, 9.17) is 16.3 Å². The number of rotatable bonds is 7. The molecule has 5 N–H and O–H groups in total. The van der Waals surface area contributed by atoms with Crippen LogP contribution in [0.25, 0.3) is 10.9 Å². The SMILES string of the molecule is CC(C)(O)CCc1ccc(Cc2cn([C@@H]3O[C@H](CO)[C@@H](O)[C@H](O)[C@H]3O)c3cccc(Cl)c23)cc1. The molecular formula is C26H32ClNO6. The summed E-state index contributed by atoms with van der Waals surface area (Å²) >= 11 is 6.56. The molecule has 3 aromatic rings. The quantitative estimate of drug-likeness (QED) is 0.348. The molecule has 8 heteroatoms. The summed E-state index contributed by atoms with van der Waals surface area (Å²) in [5.74, 6) is 0. The van der Waals surface area contributed by atoms with Crippen molar-refractivity contribution in [1.29, 1.82) is 0 Å². The van der Waals surface area contributed by atoms with E-state index in [-0.39, 0.29) is 0 Å². The summed E-state index contributed by atoms with van der Waals surface area (Å²) in [7, 11) is 0. The van der Waals surface area contributed by atoms with E-state index in [0.29, 0.717) is 23.4 Å². The van der Waals surface area contributed by atoms with E-state index >= 15 is 0 Å². The molecule has 0 unspecified atom stereocenters. The highest BCUT2D eigenvalue weighted by molar-refractivity contribution is 6.35. The van der Waals surface area contributed by atoms with Crippen molar-refractivity contribution in [3.63, 3.8) is 0 Å². The number of benzene rings is 2. The summed E-state index contributed by atoms with van der Waals surface area (Å²) < 4.78 is 7.49. The molecule has 0 aliphatic carbocycles.